The molecule has 4 bridgehead atoms. The van der Waals surface area contributed by atoms with Crippen molar-refractivity contribution in [2.24, 2.45) is 5.92 Å². The van der Waals surface area contributed by atoms with Crippen LogP contribution >= 0.6 is 0 Å². The number of carboxylic acids is 1. The number of hydrogen-bond donors (Lipinski definition) is 2. The highest BCUT2D eigenvalue weighted by atomic mass is 16.6. The van der Waals surface area contributed by atoms with Gasteiger partial charge in [-0.15, -0.1) is 0 Å². The zero-order valence-electron chi connectivity index (χ0n) is 26.4. The lowest BCUT2D eigenvalue weighted by Gasteiger charge is -2.59. The molecule has 6 atom stereocenters. The second-order valence-corrected chi connectivity index (χ2v) is 14.1. The Morgan fingerprint density at radius 1 is 1.23 bits per heavy atom. The van der Waals surface area contributed by atoms with Crippen LogP contribution in [0.5, 0.6) is 17.2 Å². The Bertz CT molecular complexity index is 1630. The summed E-state index contributed by atoms with van der Waals surface area (Å²) in [5, 5.41) is 34.2. The van der Waals surface area contributed by atoms with E-state index in [1.54, 1.807) is 6.92 Å². The van der Waals surface area contributed by atoms with Crippen molar-refractivity contribution < 1.29 is 48.7 Å². The lowest BCUT2D eigenvalue weighted by atomic mass is 9.49. The largest absolute Gasteiger partial charge is 0.545 e. The molecule has 236 valence electrons. The molecule has 1 saturated carbocycles. The Morgan fingerprint density at radius 2 is 1.89 bits per heavy atom. The molecule has 10 heteroatoms. The minimum absolute atomic E-state index is 0.0481. The monoisotopic (exact) mass is 607 g/mol. The number of phenolic OH excluding ortho intramolecular Hbond substituents is 1. The molecule has 6 aliphatic rings. The highest BCUT2D eigenvalue weighted by Gasteiger charge is 2.84. The molecule has 3 heterocycles. The Morgan fingerprint density at radius 3 is 2.48 bits per heavy atom. The van der Waals surface area contributed by atoms with E-state index in [9.17, 15) is 29.7 Å². The summed E-state index contributed by atoms with van der Waals surface area (Å²) in [5.74, 6) is -2.97. The normalized spacial score (nSPS) is 34.4. The van der Waals surface area contributed by atoms with Crippen LogP contribution in [0.15, 0.2) is 35.5 Å². The van der Waals surface area contributed by atoms with Gasteiger partial charge in [-0.3, -0.25) is 9.59 Å². The summed E-state index contributed by atoms with van der Waals surface area (Å²) in [6.45, 7) is 16.3. The average Bonchev–Trinajstić information content (AvgIpc) is 3.27. The maximum Gasteiger partial charge on any atom is 0.205 e. The number of carbonyl (C=O) groups is 3. The number of phenols is 1. The third-order valence-corrected chi connectivity index (χ3v) is 10.9. The number of methoxy groups -OCH3 is 1. The topological polar surface area (TPSA) is 152 Å². The van der Waals surface area contributed by atoms with Gasteiger partial charge >= 0.3 is 0 Å². The molecule has 0 aromatic heterocycles. The van der Waals surface area contributed by atoms with E-state index in [1.807, 2.05) is 34.6 Å². The smallest absolute Gasteiger partial charge is 0.205 e. The second-order valence-electron chi connectivity index (χ2n) is 14.1. The lowest BCUT2D eigenvalue weighted by molar-refractivity contribution is -0.299. The van der Waals surface area contributed by atoms with Crippen molar-refractivity contribution in [2.75, 3.05) is 7.11 Å². The SMILES string of the molecule is C=C(C)[C@H](O)Cc1c(O)c2c(c3c1O[C@@H](C)C3(C)C)O[C@@]13C(=C[C@@]4(OC)C[C@@H]1C(C)(C)O[C@]3(C/C=C(\C)C(=O)[O-])C4=O)C2=O. The van der Waals surface area contributed by atoms with E-state index in [1.165, 1.54) is 26.2 Å². The van der Waals surface area contributed by atoms with E-state index in [2.05, 4.69) is 6.58 Å². The number of aliphatic carboxylic acids is 1. The van der Waals surface area contributed by atoms with Crippen molar-refractivity contribution in [3.63, 3.8) is 0 Å². The van der Waals surface area contributed by atoms with Crippen LogP contribution in [0.3, 0.4) is 0 Å². The summed E-state index contributed by atoms with van der Waals surface area (Å²) < 4.78 is 25.9. The highest BCUT2D eigenvalue weighted by molar-refractivity contribution is 6.20. The van der Waals surface area contributed by atoms with Crippen LogP contribution in [0.4, 0.5) is 0 Å². The number of carbonyl (C=O) groups excluding carboxylic acids is 3. The van der Waals surface area contributed by atoms with Gasteiger partial charge in [0, 0.05) is 48.0 Å². The van der Waals surface area contributed by atoms with E-state index in [0.717, 1.165) is 0 Å². The molecule has 0 radical (unpaired) electrons. The van der Waals surface area contributed by atoms with Crippen LogP contribution in [0, 0.1) is 5.92 Å². The van der Waals surface area contributed by atoms with E-state index in [-0.39, 0.29) is 53.0 Å². The summed E-state index contributed by atoms with van der Waals surface area (Å²) in [4.78, 5) is 41.1. The van der Waals surface area contributed by atoms with Crippen LogP contribution in [0.25, 0.3) is 0 Å². The number of aliphatic hydroxyl groups is 1. The molecule has 2 fully saturated rings. The summed E-state index contributed by atoms with van der Waals surface area (Å²) in [5.41, 5.74) is -5.56. The van der Waals surface area contributed by atoms with Crippen molar-refractivity contribution in [3.8, 4) is 17.2 Å². The molecule has 1 aromatic carbocycles. The Kier molecular flexibility index (Phi) is 6.28. The van der Waals surface area contributed by atoms with E-state index >= 15 is 0 Å². The molecule has 10 nitrogen and oxygen atoms in total. The fraction of sp³-hybridized carbons (Fsp3) is 0.559. The van der Waals surface area contributed by atoms with Gasteiger partial charge in [0.15, 0.2) is 17.0 Å². The van der Waals surface area contributed by atoms with Crippen molar-refractivity contribution in [1.82, 2.24) is 0 Å². The van der Waals surface area contributed by atoms with Crippen LogP contribution in [-0.2, 0) is 30.9 Å². The number of benzene rings is 1. The number of fused-ring (bicyclic) bond motifs is 3. The molecule has 0 unspecified atom stereocenters. The van der Waals surface area contributed by atoms with Gasteiger partial charge in [0.1, 0.15) is 34.5 Å². The number of ketones is 2. The van der Waals surface area contributed by atoms with Gasteiger partial charge in [0.25, 0.3) is 0 Å². The quantitative estimate of drug-likeness (QED) is 0.350. The first-order valence-electron chi connectivity index (χ1n) is 14.9. The first-order valence-corrected chi connectivity index (χ1v) is 14.9. The second kappa shape index (κ2) is 9.05. The van der Waals surface area contributed by atoms with Crippen molar-refractivity contribution in [3.05, 3.63) is 52.1 Å². The highest BCUT2D eigenvalue weighted by Crippen LogP contribution is 2.70. The zero-order valence-corrected chi connectivity index (χ0v) is 26.4. The van der Waals surface area contributed by atoms with Crippen LogP contribution in [0.1, 0.15) is 82.8 Å². The maximum absolute atomic E-state index is 14.8. The number of carboxylic acid groups (broad SMARTS) is 1. The van der Waals surface area contributed by atoms with Gasteiger partial charge in [-0.05, 0) is 52.7 Å². The molecule has 1 saturated heterocycles. The number of aliphatic hydroxyl groups excluding tert-OH is 1. The number of hydrogen-bond acceptors (Lipinski definition) is 10. The van der Waals surface area contributed by atoms with Gasteiger partial charge < -0.3 is 39.1 Å². The molecule has 44 heavy (non-hydrogen) atoms. The molecular formula is C34H39O10-. The molecule has 7 rings (SSSR count). The predicted molar refractivity (Wildman–Crippen MR) is 156 cm³/mol. The van der Waals surface area contributed by atoms with Gasteiger partial charge in [-0.2, -0.15) is 0 Å². The van der Waals surface area contributed by atoms with Gasteiger partial charge in [0.2, 0.25) is 5.78 Å². The van der Waals surface area contributed by atoms with Crippen LogP contribution in [0.2, 0.25) is 0 Å². The molecule has 3 aliphatic carbocycles. The maximum atomic E-state index is 14.8. The Balaban J connectivity index is 1.69. The average molecular weight is 608 g/mol. The van der Waals surface area contributed by atoms with Crippen LogP contribution < -0.4 is 14.6 Å². The van der Waals surface area contributed by atoms with Gasteiger partial charge in [0.05, 0.1) is 17.7 Å². The third kappa shape index (κ3) is 3.44. The first kappa shape index (κ1) is 30.6. The summed E-state index contributed by atoms with van der Waals surface area (Å²) in [6.07, 6.45) is 1.35. The minimum Gasteiger partial charge on any atom is -0.545 e. The predicted octanol–water partition coefficient (Wildman–Crippen LogP) is 2.79. The standard InChI is InChI=1S/C34H40O10/c1-15(2)20(35)12-18-24(36)22-25(37)19-13-32(41-9)14-21-31(7,8)44-33(29(32)40,11-10-16(3)28(38)39)34(19,21)43-27(22)23-26(18)42-17(4)30(23,5)6/h10,13,17,20-21,35-36H,1,11-12,14H2,2-9H3,(H,38,39)/p-1/b16-10+/t17-,20+,21+,32+,33+,34-/m0/s1. The molecular weight excluding hydrogens is 568 g/mol. The van der Waals surface area contributed by atoms with Crippen molar-refractivity contribution >= 4 is 17.5 Å². The van der Waals surface area contributed by atoms with E-state index in [0.29, 0.717) is 16.9 Å². The van der Waals surface area contributed by atoms with Gasteiger partial charge in [-0.1, -0.05) is 32.1 Å². The first-order chi connectivity index (χ1) is 20.3. The van der Waals surface area contributed by atoms with E-state index < -0.39 is 63.5 Å². The number of aromatic hydroxyl groups is 1. The molecule has 3 aliphatic heterocycles. The zero-order chi connectivity index (χ0) is 32.5. The molecule has 1 aromatic rings. The lowest BCUT2D eigenvalue weighted by Crippen LogP contribution is -2.77. The summed E-state index contributed by atoms with van der Waals surface area (Å²) in [6, 6.07) is 0. The van der Waals surface area contributed by atoms with E-state index in [4.69, 9.17) is 18.9 Å². The van der Waals surface area contributed by atoms with Crippen molar-refractivity contribution in [1.29, 1.82) is 0 Å². The minimum atomic E-state index is -1.84. The molecule has 1 spiro atoms. The van der Waals surface area contributed by atoms with Crippen LogP contribution in [-0.4, -0.2) is 69.5 Å². The third-order valence-electron chi connectivity index (χ3n) is 10.9. The number of ether oxygens (including phenoxy) is 4. The molecule has 2 N–H and O–H groups in total. The fourth-order valence-corrected chi connectivity index (χ4v) is 8.08. The Hall–Kier alpha value is -3.47. The number of rotatable bonds is 7. The molecule has 0 amide bonds. The fourth-order valence-electron chi connectivity index (χ4n) is 8.08. The van der Waals surface area contributed by atoms with Gasteiger partial charge in [-0.25, -0.2) is 0 Å². The summed E-state index contributed by atoms with van der Waals surface area (Å²) in [7, 11) is 1.39. The Labute approximate surface area is 256 Å². The number of Topliss-reactive ketones (excluding diaryl/α,β-unsaturated/α-hetero) is 2. The van der Waals surface area contributed by atoms with Crippen molar-refractivity contribution in [2.45, 2.75) is 108 Å². The summed E-state index contributed by atoms with van der Waals surface area (Å²) >= 11 is 0.